The summed E-state index contributed by atoms with van der Waals surface area (Å²) in [6.45, 7) is 2.11. The van der Waals surface area contributed by atoms with E-state index < -0.39 is 11.7 Å². The first-order chi connectivity index (χ1) is 10.9. The molecule has 0 saturated carbocycles. The lowest BCUT2D eigenvalue weighted by molar-refractivity contribution is -0.137. The van der Waals surface area contributed by atoms with Gasteiger partial charge in [-0.3, -0.25) is 0 Å². The highest BCUT2D eigenvalue weighted by Gasteiger charge is 2.35. The van der Waals surface area contributed by atoms with Crippen LogP contribution in [0.15, 0.2) is 36.4 Å². The SMILES string of the molecule is C[C@H]1COc2cccc(-c3cc(C#N)ccc3C(F)(F)F)c2O1. The Hall–Kier alpha value is -2.68. The molecule has 0 bridgehead atoms. The van der Waals surface area contributed by atoms with Gasteiger partial charge in [0.05, 0.1) is 17.2 Å². The van der Waals surface area contributed by atoms with Crippen LogP contribution in [-0.4, -0.2) is 12.7 Å². The molecule has 0 unspecified atom stereocenters. The molecule has 0 spiro atoms. The van der Waals surface area contributed by atoms with Gasteiger partial charge < -0.3 is 9.47 Å². The van der Waals surface area contributed by atoms with Crippen LogP contribution in [0.4, 0.5) is 13.2 Å². The van der Waals surface area contributed by atoms with Crippen LogP contribution in [0, 0.1) is 11.3 Å². The summed E-state index contributed by atoms with van der Waals surface area (Å²) in [4.78, 5) is 0. The monoisotopic (exact) mass is 319 g/mol. The lowest BCUT2D eigenvalue weighted by Gasteiger charge is -2.26. The van der Waals surface area contributed by atoms with Crippen molar-refractivity contribution in [1.82, 2.24) is 0 Å². The van der Waals surface area contributed by atoms with Crippen LogP contribution in [0.1, 0.15) is 18.1 Å². The molecular weight excluding hydrogens is 307 g/mol. The number of fused-ring (bicyclic) bond motifs is 1. The Kier molecular flexibility index (Phi) is 3.64. The van der Waals surface area contributed by atoms with Crippen LogP contribution in [0.5, 0.6) is 11.5 Å². The molecule has 1 heterocycles. The summed E-state index contributed by atoms with van der Waals surface area (Å²) < 4.78 is 51.2. The Balaban J connectivity index is 2.25. The average Bonchev–Trinajstić information content (AvgIpc) is 2.52. The number of ether oxygens (including phenoxy) is 2. The topological polar surface area (TPSA) is 42.2 Å². The maximum atomic E-state index is 13.3. The summed E-state index contributed by atoms with van der Waals surface area (Å²) in [7, 11) is 0. The van der Waals surface area contributed by atoms with Gasteiger partial charge >= 0.3 is 6.18 Å². The lowest BCUT2D eigenvalue weighted by atomic mass is 9.96. The second kappa shape index (κ2) is 5.51. The first kappa shape index (κ1) is 15.2. The Bertz CT molecular complexity index is 793. The summed E-state index contributed by atoms with van der Waals surface area (Å²) >= 11 is 0. The summed E-state index contributed by atoms with van der Waals surface area (Å²) in [6.07, 6.45) is -4.80. The van der Waals surface area contributed by atoms with Crippen LogP contribution in [0.25, 0.3) is 11.1 Å². The maximum Gasteiger partial charge on any atom is 0.417 e. The van der Waals surface area contributed by atoms with Gasteiger partial charge in [-0.15, -0.1) is 0 Å². The third-order valence-electron chi connectivity index (χ3n) is 3.52. The minimum absolute atomic E-state index is 0.0916. The predicted molar refractivity (Wildman–Crippen MR) is 77.2 cm³/mol. The molecule has 1 aliphatic rings. The zero-order chi connectivity index (χ0) is 16.6. The van der Waals surface area contributed by atoms with Gasteiger partial charge in [0.2, 0.25) is 0 Å². The van der Waals surface area contributed by atoms with Crippen LogP contribution in [-0.2, 0) is 6.18 Å². The average molecular weight is 319 g/mol. The summed E-state index contributed by atoms with van der Waals surface area (Å²) in [5.74, 6) is 0.669. The van der Waals surface area contributed by atoms with Gasteiger partial charge in [0.25, 0.3) is 0 Å². The van der Waals surface area contributed by atoms with Crippen LogP contribution >= 0.6 is 0 Å². The predicted octanol–water partition coefficient (Wildman–Crippen LogP) is 4.40. The molecule has 0 amide bonds. The van der Waals surface area contributed by atoms with Crippen molar-refractivity contribution in [3.8, 4) is 28.7 Å². The molecule has 2 aromatic rings. The number of hydrogen-bond donors (Lipinski definition) is 0. The molecule has 6 heteroatoms. The molecule has 1 atom stereocenters. The fourth-order valence-electron chi connectivity index (χ4n) is 2.49. The molecule has 23 heavy (non-hydrogen) atoms. The number of nitriles is 1. The highest BCUT2D eigenvalue weighted by molar-refractivity contribution is 5.78. The second-order valence-electron chi connectivity index (χ2n) is 5.24. The van der Waals surface area contributed by atoms with E-state index in [0.717, 1.165) is 12.1 Å². The van der Waals surface area contributed by atoms with Gasteiger partial charge in [-0.1, -0.05) is 12.1 Å². The zero-order valence-corrected chi connectivity index (χ0v) is 12.1. The molecule has 0 fully saturated rings. The third kappa shape index (κ3) is 2.82. The van der Waals surface area contributed by atoms with Crippen molar-refractivity contribution >= 4 is 0 Å². The molecule has 0 aliphatic carbocycles. The number of alkyl halides is 3. The quantitative estimate of drug-likeness (QED) is 0.782. The fraction of sp³-hybridized carbons (Fsp3) is 0.235. The smallest absolute Gasteiger partial charge is 0.417 e. The van der Waals surface area contributed by atoms with E-state index in [0.29, 0.717) is 12.4 Å². The molecule has 0 aromatic heterocycles. The van der Waals surface area contributed by atoms with Gasteiger partial charge in [0.15, 0.2) is 11.5 Å². The standard InChI is InChI=1S/C17H12F3NO2/c1-10-9-22-15-4-2-3-12(16(15)23-10)13-7-11(8-21)5-6-14(13)17(18,19)20/h2-7,10H,9H2,1H3/t10-/m0/s1. The van der Waals surface area contributed by atoms with E-state index in [1.165, 1.54) is 12.1 Å². The molecule has 3 nitrogen and oxygen atoms in total. The van der Waals surface area contributed by atoms with Crippen LogP contribution < -0.4 is 9.47 Å². The first-order valence-electron chi connectivity index (χ1n) is 6.94. The minimum Gasteiger partial charge on any atom is -0.486 e. The van der Waals surface area contributed by atoms with Crippen molar-refractivity contribution in [3.05, 3.63) is 47.5 Å². The van der Waals surface area contributed by atoms with E-state index in [9.17, 15) is 13.2 Å². The summed E-state index contributed by atoms with van der Waals surface area (Å²) in [6, 6.07) is 9.94. The Labute approximate surface area is 130 Å². The van der Waals surface area contributed by atoms with Crippen LogP contribution in [0.2, 0.25) is 0 Å². The third-order valence-corrected chi connectivity index (χ3v) is 3.52. The number of halogens is 3. The van der Waals surface area contributed by atoms with Gasteiger partial charge in [0, 0.05) is 5.56 Å². The molecule has 3 rings (SSSR count). The van der Waals surface area contributed by atoms with Crippen LogP contribution in [0.3, 0.4) is 0 Å². The van der Waals surface area contributed by atoms with Crippen molar-refractivity contribution in [1.29, 1.82) is 5.26 Å². The normalized spacial score (nSPS) is 16.7. The molecule has 2 aromatic carbocycles. The Morgan fingerprint density at radius 1 is 1.17 bits per heavy atom. The molecule has 0 N–H and O–H groups in total. The highest BCUT2D eigenvalue weighted by atomic mass is 19.4. The van der Waals surface area contributed by atoms with Crippen molar-refractivity contribution < 1.29 is 22.6 Å². The largest absolute Gasteiger partial charge is 0.486 e. The number of hydrogen-bond acceptors (Lipinski definition) is 3. The van der Waals surface area contributed by atoms with Crippen molar-refractivity contribution in [3.63, 3.8) is 0 Å². The number of rotatable bonds is 1. The highest BCUT2D eigenvalue weighted by Crippen LogP contribution is 2.45. The van der Waals surface area contributed by atoms with Gasteiger partial charge in [-0.25, -0.2) is 0 Å². The number of para-hydroxylation sites is 1. The molecule has 0 saturated heterocycles. The van der Waals surface area contributed by atoms with Crippen molar-refractivity contribution in [2.45, 2.75) is 19.2 Å². The van der Waals surface area contributed by atoms with E-state index in [4.69, 9.17) is 14.7 Å². The zero-order valence-electron chi connectivity index (χ0n) is 12.1. The van der Waals surface area contributed by atoms with Crippen molar-refractivity contribution in [2.75, 3.05) is 6.61 Å². The second-order valence-corrected chi connectivity index (χ2v) is 5.24. The Morgan fingerprint density at radius 3 is 2.65 bits per heavy atom. The molecule has 0 radical (unpaired) electrons. The maximum absolute atomic E-state index is 13.3. The van der Waals surface area contributed by atoms with E-state index in [-0.39, 0.29) is 28.5 Å². The molecule has 1 aliphatic heterocycles. The van der Waals surface area contributed by atoms with E-state index >= 15 is 0 Å². The van der Waals surface area contributed by atoms with E-state index in [1.54, 1.807) is 19.1 Å². The summed E-state index contributed by atoms with van der Waals surface area (Å²) in [5, 5.41) is 9.00. The summed E-state index contributed by atoms with van der Waals surface area (Å²) in [5.41, 5.74) is -0.494. The number of nitrogens with zero attached hydrogens (tertiary/aromatic N) is 1. The molecular formula is C17H12F3NO2. The van der Waals surface area contributed by atoms with Gasteiger partial charge in [0.1, 0.15) is 12.7 Å². The van der Waals surface area contributed by atoms with Gasteiger partial charge in [-0.2, -0.15) is 18.4 Å². The molecule has 118 valence electrons. The van der Waals surface area contributed by atoms with Gasteiger partial charge in [-0.05, 0) is 36.8 Å². The lowest BCUT2D eigenvalue weighted by Crippen LogP contribution is -2.26. The van der Waals surface area contributed by atoms with Crippen molar-refractivity contribution in [2.24, 2.45) is 0 Å². The minimum atomic E-state index is -4.53. The fourth-order valence-corrected chi connectivity index (χ4v) is 2.49. The van der Waals surface area contributed by atoms with E-state index in [2.05, 4.69) is 0 Å². The number of benzene rings is 2. The Morgan fingerprint density at radius 2 is 1.96 bits per heavy atom. The first-order valence-corrected chi connectivity index (χ1v) is 6.94. The van der Waals surface area contributed by atoms with E-state index in [1.807, 2.05) is 6.07 Å².